The molecule has 212 valence electrons. The van der Waals surface area contributed by atoms with E-state index in [1.807, 2.05) is 19.1 Å². The second-order valence-corrected chi connectivity index (χ2v) is 13.2. The van der Waals surface area contributed by atoms with Crippen molar-refractivity contribution in [2.24, 2.45) is 11.7 Å². The van der Waals surface area contributed by atoms with Gasteiger partial charge in [0.2, 0.25) is 15.7 Å². The van der Waals surface area contributed by atoms with Gasteiger partial charge >= 0.3 is 15.5 Å². The van der Waals surface area contributed by atoms with Gasteiger partial charge in [-0.3, -0.25) is 9.10 Å². The molecule has 0 atom stereocenters. The molecule has 3 aromatic rings. The molecule has 1 aliphatic carbocycles. The Balaban J connectivity index is 1.76. The fourth-order valence-corrected chi connectivity index (χ4v) is 5.66. The number of nitrogens with one attached hydrogen (secondary N) is 1. The van der Waals surface area contributed by atoms with Crippen LogP contribution < -0.4 is 14.8 Å². The summed E-state index contributed by atoms with van der Waals surface area (Å²) in [6, 6.07) is 8.75. The van der Waals surface area contributed by atoms with Crippen molar-refractivity contribution in [3.05, 3.63) is 47.0 Å². The number of fused-ring (bicyclic) bond motifs is 1. The first-order valence-corrected chi connectivity index (χ1v) is 15.3. The number of furan rings is 1. The van der Waals surface area contributed by atoms with Gasteiger partial charge in [-0.05, 0) is 50.2 Å². The number of sulfonamides is 2. The van der Waals surface area contributed by atoms with Gasteiger partial charge in [-0.25, -0.2) is 21.6 Å². The zero-order valence-corrected chi connectivity index (χ0v) is 22.7. The van der Waals surface area contributed by atoms with E-state index in [1.54, 1.807) is 18.2 Å². The smallest absolute Gasteiger partial charge is 0.437 e. The molecule has 0 spiro atoms. The summed E-state index contributed by atoms with van der Waals surface area (Å²) in [4.78, 5) is 16.9. The van der Waals surface area contributed by atoms with E-state index >= 15 is 0 Å². The molecule has 2 heterocycles. The number of hydrogen-bond donors (Lipinski definition) is 2. The van der Waals surface area contributed by atoms with Gasteiger partial charge in [0.25, 0.3) is 5.91 Å². The Bertz CT molecular complexity index is 1610. The summed E-state index contributed by atoms with van der Waals surface area (Å²) < 4.78 is 94.2. The first kappa shape index (κ1) is 28.8. The Morgan fingerprint density at radius 1 is 1.18 bits per heavy atom. The summed E-state index contributed by atoms with van der Waals surface area (Å²) in [7, 11) is -9.58. The third-order valence-electron chi connectivity index (χ3n) is 6.28. The first-order valence-electron chi connectivity index (χ1n) is 12.0. The number of benzene rings is 1. The largest absolute Gasteiger partial charge is 0.511 e. The van der Waals surface area contributed by atoms with E-state index in [0.717, 1.165) is 29.0 Å². The van der Waals surface area contributed by atoms with Crippen molar-refractivity contribution in [1.29, 1.82) is 0 Å². The lowest BCUT2D eigenvalue weighted by Crippen LogP contribution is -2.39. The molecule has 39 heavy (non-hydrogen) atoms. The maximum absolute atomic E-state index is 12.8. The first-order chi connectivity index (χ1) is 18.1. The second-order valence-electron chi connectivity index (χ2n) is 9.54. The van der Waals surface area contributed by atoms with Crippen molar-refractivity contribution in [2.75, 3.05) is 23.7 Å². The fraction of sp³-hybridized carbons (Fsp3) is 0.417. The zero-order chi connectivity index (χ0) is 28.8. The summed E-state index contributed by atoms with van der Waals surface area (Å²) in [5.41, 5.74) is 2.30. The average Bonchev–Trinajstić information content (AvgIpc) is 3.55. The lowest BCUT2D eigenvalue weighted by atomic mass is 10.0. The van der Waals surface area contributed by atoms with Gasteiger partial charge in [-0.15, -0.1) is 0 Å². The Morgan fingerprint density at radius 2 is 1.82 bits per heavy atom. The standard InChI is InChI=1S/C24H27F3N4O6S2/c1-14-4-8-16(9-5-14)20-19(21(28)32)18-13-17(12-15-6-7-15)22(30-23(18)37-20)31(38(2,33)34)11-3-10-29-39(35,36)24(25,26)27/h4-5,8-9,13,15,29H,3,6-7,10-12H2,1-2H3,(H2,28,32). The quantitative estimate of drug-likeness (QED) is 0.326. The zero-order valence-electron chi connectivity index (χ0n) is 21.1. The van der Waals surface area contributed by atoms with E-state index in [2.05, 4.69) is 4.98 Å². The molecule has 1 aromatic carbocycles. The number of nitrogens with two attached hydrogens (primary N) is 1. The molecule has 10 nitrogen and oxygen atoms in total. The number of carbonyl (C=O) groups excluding carboxylic acids is 1. The SMILES string of the molecule is Cc1ccc(-c2oc3nc(N(CCCNS(=O)(=O)C(F)(F)F)S(C)(=O)=O)c(CC4CC4)cc3c2C(N)=O)cc1. The number of aromatic nitrogens is 1. The Labute approximate surface area is 223 Å². The van der Waals surface area contributed by atoms with Gasteiger partial charge in [-0.2, -0.15) is 18.2 Å². The van der Waals surface area contributed by atoms with Crippen LogP contribution >= 0.6 is 0 Å². The number of rotatable bonds is 11. The number of nitrogens with zero attached hydrogens (tertiary/aromatic N) is 2. The minimum Gasteiger partial charge on any atom is -0.437 e. The average molecular weight is 589 g/mol. The van der Waals surface area contributed by atoms with Crippen LogP contribution in [0.1, 0.15) is 40.7 Å². The van der Waals surface area contributed by atoms with Gasteiger partial charge in [0.1, 0.15) is 11.6 Å². The predicted octanol–water partition coefficient (Wildman–Crippen LogP) is 3.45. The number of amides is 1. The van der Waals surface area contributed by atoms with Crippen LogP contribution in [0.5, 0.6) is 0 Å². The molecule has 1 amide bonds. The molecule has 3 N–H and O–H groups in total. The van der Waals surface area contributed by atoms with Crippen molar-refractivity contribution < 1.29 is 39.2 Å². The molecule has 0 aliphatic heterocycles. The van der Waals surface area contributed by atoms with Crippen LogP contribution in [0.4, 0.5) is 19.0 Å². The van der Waals surface area contributed by atoms with Crippen molar-refractivity contribution in [2.45, 2.75) is 38.1 Å². The molecule has 0 radical (unpaired) electrons. The molecule has 1 saturated carbocycles. The highest BCUT2D eigenvalue weighted by Crippen LogP contribution is 2.40. The minimum atomic E-state index is -5.57. The molecule has 2 aromatic heterocycles. The highest BCUT2D eigenvalue weighted by molar-refractivity contribution is 7.92. The number of anilines is 1. The molecular weight excluding hydrogens is 561 g/mol. The summed E-state index contributed by atoms with van der Waals surface area (Å²) in [6.07, 6.45) is 2.91. The molecular formula is C24H27F3N4O6S2. The highest BCUT2D eigenvalue weighted by Gasteiger charge is 2.45. The van der Waals surface area contributed by atoms with E-state index in [4.69, 9.17) is 10.2 Å². The van der Waals surface area contributed by atoms with Crippen molar-refractivity contribution in [3.63, 3.8) is 0 Å². The Kier molecular flexibility index (Phi) is 7.71. The number of aryl methyl sites for hydroxylation is 1. The Morgan fingerprint density at radius 3 is 2.36 bits per heavy atom. The molecule has 4 rings (SSSR count). The molecule has 1 fully saturated rings. The number of halogens is 3. The van der Waals surface area contributed by atoms with E-state index in [0.29, 0.717) is 22.9 Å². The number of pyridine rings is 1. The van der Waals surface area contributed by atoms with Gasteiger partial charge in [0, 0.05) is 18.7 Å². The lowest BCUT2D eigenvalue weighted by Gasteiger charge is -2.24. The second kappa shape index (κ2) is 10.4. The lowest BCUT2D eigenvalue weighted by molar-refractivity contribution is -0.0447. The van der Waals surface area contributed by atoms with Crippen LogP contribution in [0.2, 0.25) is 0 Å². The van der Waals surface area contributed by atoms with E-state index in [-0.39, 0.29) is 41.7 Å². The van der Waals surface area contributed by atoms with Crippen LogP contribution in [0, 0.1) is 12.8 Å². The summed E-state index contributed by atoms with van der Waals surface area (Å²) in [6.45, 7) is 0.880. The van der Waals surface area contributed by atoms with Crippen LogP contribution in [-0.4, -0.2) is 52.6 Å². The summed E-state index contributed by atoms with van der Waals surface area (Å²) in [5.74, 6) is -0.320. The van der Waals surface area contributed by atoms with Crippen LogP contribution in [0.15, 0.2) is 34.7 Å². The normalized spacial score (nSPS) is 14.6. The number of alkyl halides is 3. The monoisotopic (exact) mass is 588 g/mol. The number of primary amides is 1. The van der Waals surface area contributed by atoms with E-state index < -0.39 is 38.0 Å². The van der Waals surface area contributed by atoms with Crippen LogP contribution in [0.25, 0.3) is 22.4 Å². The van der Waals surface area contributed by atoms with Crippen molar-refractivity contribution in [1.82, 2.24) is 9.71 Å². The van der Waals surface area contributed by atoms with Gasteiger partial charge in [0.15, 0.2) is 0 Å². The molecule has 0 saturated heterocycles. The summed E-state index contributed by atoms with van der Waals surface area (Å²) >= 11 is 0. The van der Waals surface area contributed by atoms with Gasteiger partial charge in [-0.1, -0.05) is 29.8 Å². The number of hydrogen-bond acceptors (Lipinski definition) is 7. The fourth-order valence-electron chi connectivity index (χ4n) is 4.15. The third kappa shape index (κ3) is 6.36. The summed E-state index contributed by atoms with van der Waals surface area (Å²) in [5, 5.41) is 0.309. The molecule has 0 unspecified atom stereocenters. The van der Waals surface area contributed by atoms with Crippen molar-refractivity contribution in [3.8, 4) is 11.3 Å². The highest BCUT2D eigenvalue weighted by atomic mass is 32.2. The predicted molar refractivity (Wildman–Crippen MR) is 139 cm³/mol. The van der Waals surface area contributed by atoms with E-state index in [9.17, 15) is 34.8 Å². The van der Waals surface area contributed by atoms with Gasteiger partial charge < -0.3 is 10.2 Å². The maximum atomic E-state index is 12.8. The van der Waals surface area contributed by atoms with Crippen LogP contribution in [0.3, 0.4) is 0 Å². The number of carbonyl (C=O) groups is 1. The van der Waals surface area contributed by atoms with E-state index in [1.165, 1.54) is 4.72 Å². The third-order valence-corrected chi connectivity index (χ3v) is 8.63. The molecule has 0 bridgehead atoms. The van der Waals surface area contributed by atoms with Crippen LogP contribution in [-0.2, 0) is 26.5 Å². The molecule has 15 heteroatoms. The maximum Gasteiger partial charge on any atom is 0.511 e. The Hall–Kier alpha value is -3.17. The topological polar surface area (TPSA) is 153 Å². The van der Waals surface area contributed by atoms with Gasteiger partial charge in [0.05, 0.1) is 17.2 Å². The minimum absolute atomic E-state index is 0.00388. The van der Waals surface area contributed by atoms with Crippen molar-refractivity contribution >= 4 is 42.9 Å². The molecule has 1 aliphatic rings.